The minimum atomic E-state index is -1.82. The van der Waals surface area contributed by atoms with Crippen LogP contribution in [0.15, 0.2) is 30.3 Å². The minimum absolute atomic E-state index is 0.0909. The summed E-state index contributed by atoms with van der Waals surface area (Å²) in [5.41, 5.74) is 0.459. The fourth-order valence-corrected chi connectivity index (χ4v) is 9.16. The van der Waals surface area contributed by atoms with Crippen molar-refractivity contribution in [1.82, 2.24) is 0 Å². The Morgan fingerprint density at radius 1 is 1.02 bits per heavy atom. The van der Waals surface area contributed by atoms with Gasteiger partial charge in [-0.25, -0.2) is 0 Å². The predicted molar refractivity (Wildman–Crippen MR) is 177 cm³/mol. The smallest absolute Gasteiger partial charge is 0.311 e. The van der Waals surface area contributed by atoms with Crippen LogP contribution in [-0.2, 0) is 18.7 Å². The van der Waals surface area contributed by atoms with Crippen molar-refractivity contribution in [3.8, 4) is 0 Å². The van der Waals surface area contributed by atoms with Gasteiger partial charge in [0, 0.05) is 18.6 Å². The Kier molecular flexibility index (Phi) is 11.3. The molecule has 1 heterocycles. The average Bonchev–Trinajstić information content (AvgIpc) is 2.96. The lowest BCUT2D eigenvalue weighted by Gasteiger charge is -2.51. The highest BCUT2D eigenvalue weighted by Gasteiger charge is 2.50. The summed E-state index contributed by atoms with van der Waals surface area (Å²) in [7, 11) is -1.82. The highest BCUT2D eigenvalue weighted by molar-refractivity contribution is 6.74. The van der Waals surface area contributed by atoms with Crippen LogP contribution in [0.1, 0.15) is 118 Å². The Balaban J connectivity index is 1.49. The third kappa shape index (κ3) is 8.34. The zero-order valence-corrected chi connectivity index (χ0v) is 29.7. The maximum absolute atomic E-state index is 13.5. The molecule has 0 bridgehead atoms. The van der Waals surface area contributed by atoms with Crippen molar-refractivity contribution in [3.05, 3.63) is 35.9 Å². The first-order valence-corrected chi connectivity index (χ1v) is 20.3. The Morgan fingerprint density at radius 3 is 2.37 bits per heavy atom. The summed E-state index contributed by atoms with van der Waals surface area (Å²) < 4.78 is 19.7. The summed E-state index contributed by atoms with van der Waals surface area (Å²) in [6, 6.07) is 10.0. The second-order valence-corrected chi connectivity index (χ2v) is 21.2. The summed E-state index contributed by atoms with van der Waals surface area (Å²) in [6.45, 7) is 20.9. The molecule has 1 aromatic rings. The number of esters is 1. The van der Waals surface area contributed by atoms with Gasteiger partial charge >= 0.3 is 5.97 Å². The van der Waals surface area contributed by atoms with Crippen molar-refractivity contribution in [3.63, 3.8) is 0 Å². The number of aliphatic hydroxyl groups excluding tert-OH is 1. The van der Waals surface area contributed by atoms with E-state index in [1.165, 1.54) is 6.42 Å². The molecular weight excluding hydrogens is 552 g/mol. The number of benzene rings is 1. The lowest BCUT2D eigenvalue weighted by molar-refractivity contribution is -0.176. The van der Waals surface area contributed by atoms with Crippen LogP contribution in [0.3, 0.4) is 0 Å². The molecule has 0 spiro atoms. The maximum Gasteiger partial charge on any atom is 0.311 e. The molecule has 9 atom stereocenters. The van der Waals surface area contributed by atoms with Crippen LogP contribution in [0.5, 0.6) is 0 Å². The molecule has 2 saturated carbocycles. The first kappa shape index (κ1) is 34.7. The molecule has 1 aliphatic heterocycles. The van der Waals surface area contributed by atoms with E-state index in [9.17, 15) is 9.90 Å². The molecule has 2 aliphatic carbocycles. The van der Waals surface area contributed by atoms with Gasteiger partial charge in [0.25, 0.3) is 0 Å². The highest BCUT2D eigenvalue weighted by Crippen LogP contribution is 2.53. The number of aliphatic hydroxyl groups is 1. The van der Waals surface area contributed by atoms with Gasteiger partial charge in [0.15, 0.2) is 8.32 Å². The Hall–Kier alpha value is -1.21. The van der Waals surface area contributed by atoms with Crippen LogP contribution in [0.2, 0.25) is 18.1 Å². The zero-order chi connectivity index (χ0) is 31.6. The standard InChI is InChI=1S/C37H62O5Si/c1-10-37(6,7)35(39)41-32-23-28(34(38)26-14-12-11-13-15-26)22-27-17-16-25(2)31(33(27)32)19-18-29-24-30(20-21-40-29)42-43(8,9)36(3,4)5/h11-15,25,27-34,38H,10,16-24H2,1-9H3/t25-,27-,28-,29+,30+,31-,32-,33-,34?/m0/s1. The number of ether oxygens (including phenoxy) is 2. The molecular formula is C37H62O5Si. The number of hydrogen-bond acceptors (Lipinski definition) is 5. The van der Waals surface area contributed by atoms with E-state index in [1.54, 1.807) is 0 Å². The third-order valence-corrected chi connectivity index (χ3v) is 16.6. The molecule has 1 aromatic carbocycles. The van der Waals surface area contributed by atoms with Crippen LogP contribution in [0.4, 0.5) is 0 Å². The van der Waals surface area contributed by atoms with Gasteiger partial charge in [-0.3, -0.25) is 4.79 Å². The second kappa shape index (κ2) is 14.1. The molecule has 5 nitrogen and oxygen atoms in total. The van der Waals surface area contributed by atoms with Gasteiger partial charge in [-0.05, 0) is 113 Å². The zero-order valence-electron chi connectivity index (χ0n) is 28.7. The van der Waals surface area contributed by atoms with Gasteiger partial charge in [-0.2, -0.15) is 0 Å². The lowest BCUT2D eigenvalue weighted by Crippen LogP contribution is -2.49. The predicted octanol–water partition coefficient (Wildman–Crippen LogP) is 9.11. The summed E-state index contributed by atoms with van der Waals surface area (Å²) in [5.74, 6) is 1.87. The van der Waals surface area contributed by atoms with Crippen molar-refractivity contribution in [1.29, 1.82) is 0 Å². The van der Waals surface area contributed by atoms with Crippen LogP contribution in [-0.4, -0.2) is 44.3 Å². The van der Waals surface area contributed by atoms with Crippen molar-refractivity contribution >= 4 is 14.3 Å². The average molecular weight is 615 g/mol. The molecule has 244 valence electrons. The van der Waals surface area contributed by atoms with Gasteiger partial charge in [-0.1, -0.05) is 71.4 Å². The van der Waals surface area contributed by atoms with Gasteiger partial charge < -0.3 is 19.0 Å². The molecule has 3 fully saturated rings. The number of rotatable bonds is 10. The van der Waals surface area contributed by atoms with E-state index in [4.69, 9.17) is 13.9 Å². The number of carbonyl (C=O) groups is 1. The Bertz CT molecular complexity index is 1030. The topological polar surface area (TPSA) is 65.0 Å². The summed E-state index contributed by atoms with van der Waals surface area (Å²) in [4.78, 5) is 13.5. The van der Waals surface area contributed by atoms with Crippen LogP contribution in [0, 0.1) is 35.0 Å². The van der Waals surface area contributed by atoms with E-state index >= 15 is 0 Å². The van der Waals surface area contributed by atoms with Gasteiger partial charge in [0.1, 0.15) is 6.10 Å². The highest BCUT2D eigenvalue weighted by atomic mass is 28.4. The lowest BCUT2D eigenvalue weighted by atomic mass is 9.57. The molecule has 6 heteroatoms. The number of carbonyl (C=O) groups excluding carboxylic acids is 1. The molecule has 4 rings (SSSR count). The molecule has 3 aliphatic rings. The normalized spacial score (nSPS) is 33.0. The molecule has 1 saturated heterocycles. The first-order valence-electron chi connectivity index (χ1n) is 17.4. The molecule has 0 radical (unpaired) electrons. The van der Waals surface area contributed by atoms with E-state index in [1.807, 2.05) is 44.2 Å². The molecule has 0 aromatic heterocycles. The first-order chi connectivity index (χ1) is 20.1. The van der Waals surface area contributed by atoms with Crippen molar-refractivity contribution in [2.45, 2.75) is 149 Å². The van der Waals surface area contributed by atoms with Crippen molar-refractivity contribution in [2.75, 3.05) is 6.61 Å². The fraction of sp³-hybridized carbons (Fsp3) is 0.811. The summed E-state index contributed by atoms with van der Waals surface area (Å²) in [5, 5.41) is 11.7. The monoisotopic (exact) mass is 614 g/mol. The Morgan fingerprint density at radius 2 is 1.72 bits per heavy atom. The van der Waals surface area contributed by atoms with E-state index in [0.29, 0.717) is 23.7 Å². The van der Waals surface area contributed by atoms with Gasteiger partial charge in [-0.15, -0.1) is 0 Å². The summed E-state index contributed by atoms with van der Waals surface area (Å²) in [6.07, 6.45) is 8.75. The maximum atomic E-state index is 13.5. The Labute approximate surface area is 264 Å². The van der Waals surface area contributed by atoms with Gasteiger partial charge in [0.05, 0.1) is 17.6 Å². The minimum Gasteiger partial charge on any atom is -0.462 e. The van der Waals surface area contributed by atoms with E-state index < -0.39 is 19.8 Å². The van der Waals surface area contributed by atoms with Gasteiger partial charge in [0.2, 0.25) is 0 Å². The van der Waals surface area contributed by atoms with Crippen molar-refractivity contribution < 1.29 is 23.8 Å². The molecule has 1 N–H and O–H groups in total. The fourth-order valence-electron chi connectivity index (χ4n) is 7.76. The molecule has 1 unspecified atom stereocenters. The van der Waals surface area contributed by atoms with E-state index in [-0.39, 0.29) is 35.2 Å². The molecule has 0 amide bonds. The largest absolute Gasteiger partial charge is 0.462 e. The number of hydrogen-bond donors (Lipinski definition) is 1. The SMILES string of the molecule is CCC(C)(C)C(=O)O[C@H]1C[C@@H](C(O)c2ccccc2)C[C@@H]2CC[C@H](C)[C@H](CC[C@@H]3C[C@H](O[Si](C)(C)C(C)(C)C)CCO3)[C@H]21. The number of fused-ring (bicyclic) bond motifs is 1. The van der Waals surface area contributed by atoms with E-state index in [2.05, 4.69) is 47.7 Å². The van der Waals surface area contributed by atoms with E-state index in [0.717, 1.165) is 63.5 Å². The molecule has 43 heavy (non-hydrogen) atoms. The van der Waals surface area contributed by atoms with Crippen LogP contribution >= 0.6 is 0 Å². The second-order valence-electron chi connectivity index (χ2n) is 16.4. The van der Waals surface area contributed by atoms with Crippen LogP contribution in [0.25, 0.3) is 0 Å². The quantitative estimate of drug-likeness (QED) is 0.210. The van der Waals surface area contributed by atoms with Crippen molar-refractivity contribution in [2.24, 2.45) is 35.0 Å². The van der Waals surface area contributed by atoms with Crippen LogP contribution < -0.4 is 0 Å². The third-order valence-electron chi connectivity index (χ3n) is 12.0. The summed E-state index contributed by atoms with van der Waals surface area (Å²) >= 11 is 0.